The number of nitrogens with zero attached hydrogens (tertiary/aromatic N) is 3. The van der Waals surface area contributed by atoms with Gasteiger partial charge in [-0.3, -0.25) is 4.68 Å². The van der Waals surface area contributed by atoms with Crippen LogP contribution in [-0.4, -0.2) is 36.1 Å². The van der Waals surface area contributed by atoms with E-state index in [1.165, 1.54) is 16.9 Å². The lowest BCUT2D eigenvalue weighted by molar-refractivity contribution is 0.122. The minimum atomic E-state index is 0.338. The zero-order valence-electron chi connectivity index (χ0n) is 15.3. The summed E-state index contributed by atoms with van der Waals surface area (Å²) in [6, 6.07) is 8.92. The monoisotopic (exact) mass is 406 g/mol. The second-order valence-corrected chi connectivity index (χ2v) is 7.42. The van der Waals surface area contributed by atoms with Gasteiger partial charge in [0.1, 0.15) is 5.82 Å². The summed E-state index contributed by atoms with van der Waals surface area (Å²) in [5.74, 6) is 1.22. The zero-order chi connectivity index (χ0) is 17.8. The van der Waals surface area contributed by atoms with E-state index in [0.717, 1.165) is 49.4 Å². The van der Waals surface area contributed by atoms with E-state index in [1.807, 2.05) is 11.7 Å². The van der Waals surface area contributed by atoms with E-state index in [4.69, 9.17) is 4.74 Å². The van der Waals surface area contributed by atoms with E-state index in [9.17, 15) is 0 Å². The molecule has 1 unspecified atom stereocenters. The van der Waals surface area contributed by atoms with Crippen LogP contribution in [0.1, 0.15) is 36.2 Å². The van der Waals surface area contributed by atoms with Crippen LogP contribution in [0.5, 0.6) is 0 Å². The Morgan fingerprint density at radius 1 is 1.24 bits per heavy atom. The van der Waals surface area contributed by atoms with Crippen LogP contribution in [0.3, 0.4) is 0 Å². The summed E-state index contributed by atoms with van der Waals surface area (Å²) in [5.41, 5.74) is 3.71. The van der Waals surface area contributed by atoms with Crippen LogP contribution < -0.4 is 10.2 Å². The Bertz CT molecular complexity index is 692. The maximum absolute atomic E-state index is 5.50. The van der Waals surface area contributed by atoms with Gasteiger partial charge in [0.2, 0.25) is 0 Å². The Hall–Kier alpha value is -1.37. The third kappa shape index (κ3) is 4.25. The smallest absolute Gasteiger partial charge is 0.131 e. The Labute approximate surface area is 158 Å². The van der Waals surface area contributed by atoms with Crippen LogP contribution in [0, 0.1) is 6.92 Å². The van der Waals surface area contributed by atoms with E-state index in [1.54, 1.807) is 0 Å². The topological polar surface area (TPSA) is 42.3 Å². The lowest BCUT2D eigenvalue weighted by Gasteiger charge is -2.30. The predicted octanol–water partition coefficient (Wildman–Crippen LogP) is 3.57. The van der Waals surface area contributed by atoms with Crippen LogP contribution >= 0.6 is 15.9 Å². The van der Waals surface area contributed by atoms with E-state index in [-0.39, 0.29) is 0 Å². The highest BCUT2D eigenvalue weighted by molar-refractivity contribution is 9.10. The molecule has 1 saturated heterocycles. The first-order valence-electron chi connectivity index (χ1n) is 8.94. The third-order valence-electron chi connectivity index (χ3n) is 4.83. The molecule has 5 nitrogen and oxygen atoms in total. The molecule has 0 bridgehead atoms. The molecule has 2 aromatic rings. The number of rotatable bonds is 6. The Balaban J connectivity index is 1.76. The van der Waals surface area contributed by atoms with Crippen molar-refractivity contribution in [2.24, 2.45) is 7.05 Å². The van der Waals surface area contributed by atoms with Crippen molar-refractivity contribution in [1.29, 1.82) is 0 Å². The van der Waals surface area contributed by atoms with Gasteiger partial charge in [-0.05, 0) is 31.0 Å². The van der Waals surface area contributed by atoms with Crippen molar-refractivity contribution < 1.29 is 4.74 Å². The first kappa shape index (κ1) is 18.4. The molecule has 1 aliphatic heterocycles. The molecule has 1 atom stereocenters. The summed E-state index contributed by atoms with van der Waals surface area (Å²) >= 11 is 3.51. The molecule has 1 aromatic carbocycles. The highest BCUT2D eigenvalue weighted by Crippen LogP contribution is 2.26. The first-order valence-corrected chi connectivity index (χ1v) is 9.73. The van der Waals surface area contributed by atoms with Crippen molar-refractivity contribution >= 4 is 21.7 Å². The lowest BCUT2D eigenvalue weighted by atomic mass is 10.0. The number of nitrogens with one attached hydrogen (secondary N) is 1. The van der Waals surface area contributed by atoms with E-state index in [0.29, 0.717) is 6.04 Å². The summed E-state index contributed by atoms with van der Waals surface area (Å²) in [7, 11) is 2.04. The number of ether oxygens (including phenoxy) is 1. The van der Waals surface area contributed by atoms with Crippen LogP contribution in [0.15, 0.2) is 28.7 Å². The quantitative estimate of drug-likeness (QED) is 0.795. The number of hydrogen-bond donors (Lipinski definition) is 1. The van der Waals surface area contributed by atoms with Crippen molar-refractivity contribution in [2.75, 3.05) is 31.2 Å². The standard InChI is InChI=1S/C19H27BrN4O/c1-4-18(15-5-7-16(20)8-6-15)21-13-17-14(2)22-23(3)19(17)24-9-11-25-12-10-24/h5-8,18,21H,4,9-13H2,1-3H3. The number of anilines is 1. The Kier molecular flexibility index (Phi) is 6.15. The summed E-state index contributed by atoms with van der Waals surface area (Å²) in [4.78, 5) is 2.39. The van der Waals surface area contributed by atoms with Crippen molar-refractivity contribution in [2.45, 2.75) is 32.9 Å². The summed E-state index contributed by atoms with van der Waals surface area (Å²) in [5, 5.41) is 8.39. The van der Waals surface area contributed by atoms with Crippen LogP contribution in [-0.2, 0) is 18.3 Å². The summed E-state index contributed by atoms with van der Waals surface area (Å²) < 4.78 is 8.63. The molecule has 0 saturated carbocycles. The predicted molar refractivity (Wildman–Crippen MR) is 105 cm³/mol. The number of benzene rings is 1. The van der Waals surface area contributed by atoms with E-state index < -0.39 is 0 Å². The maximum Gasteiger partial charge on any atom is 0.131 e. The fraction of sp³-hybridized carbons (Fsp3) is 0.526. The lowest BCUT2D eigenvalue weighted by Crippen LogP contribution is -2.38. The van der Waals surface area contributed by atoms with Gasteiger partial charge in [-0.15, -0.1) is 0 Å². The molecule has 2 heterocycles. The first-order chi connectivity index (χ1) is 12.1. The normalized spacial score (nSPS) is 16.2. The average Bonchev–Trinajstić information content (AvgIpc) is 2.91. The van der Waals surface area contributed by atoms with Crippen molar-refractivity contribution in [3.63, 3.8) is 0 Å². The van der Waals surface area contributed by atoms with Gasteiger partial charge in [0.05, 0.1) is 18.9 Å². The molecule has 0 spiro atoms. The van der Waals surface area contributed by atoms with Crippen LogP contribution in [0.4, 0.5) is 5.82 Å². The van der Waals surface area contributed by atoms with Crippen molar-refractivity contribution in [3.8, 4) is 0 Å². The van der Waals surface area contributed by atoms with Gasteiger partial charge in [0, 0.05) is 42.8 Å². The van der Waals surface area contributed by atoms with Gasteiger partial charge < -0.3 is 15.0 Å². The SMILES string of the molecule is CCC(NCc1c(C)nn(C)c1N1CCOCC1)c1ccc(Br)cc1. The molecule has 136 valence electrons. The number of aromatic nitrogens is 2. The van der Waals surface area contributed by atoms with E-state index >= 15 is 0 Å². The molecule has 1 fully saturated rings. The molecule has 0 aliphatic carbocycles. The highest BCUT2D eigenvalue weighted by atomic mass is 79.9. The fourth-order valence-electron chi connectivity index (χ4n) is 3.49. The molecular formula is C19H27BrN4O. The molecule has 25 heavy (non-hydrogen) atoms. The van der Waals surface area contributed by atoms with Gasteiger partial charge in [-0.25, -0.2) is 0 Å². The fourth-order valence-corrected chi connectivity index (χ4v) is 3.75. The summed E-state index contributed by atoms with van der Waals surface area (Å²) in [6.07, 6.45) is 1.05. The zero-order valence-corrected chi connectivity index (χ0v) is 16.8. The highest BCUT2D eigenvalue weighted by Gasteiger charge is 2.22. The number of aryl methyl sites for hydroxylation is 2. The Morgan fingerprint density at radius 3 is 2.56 bits per heavy atom. The van der Waals surface area contributed by atoms with Gasteiger partial charge in [0.25, 0.3) is 0 Å². The molecule has 3 rings (SSSR count). The largest absolute Gasteiger partial charge is 0.378 e. The van der Waals surface area contributed by atoms with Crippen molar-refractivity contribution in [1.82, 2.24) is 15.1 Å². The minimum Gasteiger partial charge on any atom is -0.378 e. The minimum absolute atomic E-state index is 0.338. The van der Waals surface area contributed by atoms with Gasteiger partial charge in [0.15, 0.2) is 0 Å². The van der Waals surface area contributed by atoms with Gasteiger partial charge >= 0.3 is 0 Å². The molecule has 0 radical (unpaired) electrons. The average molecular weight is 407 g/mol. The van der Waals surface area contributed by atoms with Crippen LogP contribution in [0.2, 0.25) is 0 Å². The van der Waals surface area contributed by atoms with Crippen LogP contribution in [0.25, 0.3) is 0 Å². The van der Waals surface area contributed by atoms with Crippen molar-refractivity contribution in [3.05, 3.63) is 45.6 Å². The molecular weight excluding hydrogens is 380 g/mol. The van der Waals surface area contributed by atoms with Gasteiger partial charge in [-0.1, -0.05) is 35.0 Å². The summed E-state index contributed by atoms with van der Waals surface area (Å²) in [6.45, 7) is 8.56. The molecule has 1 aliphatic rings. The number of halogens is 1. The van der Waals surface area contributed by atoms with Gasteiger partial charge in [-0.2, -0.15) is 5.10 Å². The second kappa shape index (κ2) is 8.34. The molecule has 6 heteroatoms. The third-order valence-corrected chi connectivity index (χ3v) is 5.36. The number of morpholine rings is 1. The second-order valence-electron chi connectivity index (χ2n) is 6.50. The maximum atomic E-state index is 5.50. The Morgan fingerprint density at radius 2 is 1.92 bits per heavy atom. The molecule has 0 amide bonds. The molecule has 1 N–H and O–H groups in total. The van der Waals surface area contributed by atoms with E-state index in [2.05, 4.69) is 69.4 Å². The number of hydrogen-bond acceptors (Lipinski definition) is 4. The molecule has 1 aromatic heterocycles.